The lowest BCUT2D eigenvalue weighted by atomic mass is 10.1. The van der Waals surface area contributed by atoms with Crippen molar-refractivity contribution in [2.75, 3.05) is 31.5 Å². The van der Waals surface area contributed by atoms with Crippen LogP contribution in [0.4, 0.5) is 19.1 Å². The number of rotatable bonds is 6. The van der Waals surface area contributed by atoms with E-state index < -0.39 is 11.9 Å². The van der Waals surface area contributed by atoms with Crippen LogP contribution in [0.3, 0.4) is 0 Å². The summed E-state index contributed by atoms with van der Waals surface area (Å²) in [4.78, 5) is 19.4. The Morgan fingerprint density at radius 1 is 1.31 bits per heavy atom. The average molecular weight is 435 g/mol. The molecule has 0 saturated carbocycles. The van der Waals surface area contributed by atoms with E-state index in [-0.39, 0.29) is 49.1 Å². The first kappa shape index (κ1) is 22.8. The normalized spacial score (nSPS) is 14.9. The third-order valence-electron chi connectivity index (χ3n) is 4.44. The van der Waals surface area contributed by atoms with Gasteiger partial charge in [0.25, 0.3) is 5.91 Å². The highest BCUT2D eigenvalue weighted by Crippen LogP contribution is 2.27. The van der Waals surface area contributed by atoms with Gasteiger partial charge in [0.1, 0.15) is 5.69 Å². The Labute approximate surface area is 171 Å². The minimum Gasteiger partial charge on any atom is -0.352 e. The molecule has 0 unspecified atom stereocenters. The molecule has 2 aromatic rings. The zero-order valence-electron chi connectivity index (χ0n) is 15.7. The minimum atomic E-state index is -4.54. The highest BCUT2D eigenvalue weighted by Gasteiger charge is 2.32. The van der Waals surface area contributed by atoms with Gasteiger partial charge in [-0.25, -0.2) is 14.6 Å². The summed E-state index contributed by atoms with van der Waals surface area (Å²) in [6, 6.07) is 1.01. The summed E-state index contributed by atoms with van der Waals surface area (Å²) in [5.41, 5.74) is -0.0911. The molecule has 0 radical (unpaired) electrons. The number of carbonyl (C=O) groups excluding carboxylic acids is 1. The molecule has 0 aliphatic carbocycles. The van der Waals surface area contributed by atoms with Crippen molar-refractivity contribution in [1.29, 1.82) is 0 Å². The molecule has 1 fully saturated rings. The Bertz CT molecular complexity index is 823. The van der Waals surface area contributed by atoms with Crippen molar-refractivity contribution in [3.05, 3.63) is 29.3 Å². The fourth-order valence-electron chi connectivity index (χ4n) is 2.98. The number of anilines is 1. The van der Waals surface area contributed by atoms with E-state index in [1.54, 1.807) is 11.6 Å². The van der Waals surface area contributed by atoms with E-state index in [4.69, 9.17) is 0 Å². The van der Waals surface area contributed by atoms with Crippen molar-refractivity contribution in [1.82, 2.24) is 35.6 Å². The van der Waals surface area contributed by atoms with E-state index in [9.17, 15) is 18.0 Å². The topological polar surface area (TPSA) is 110 Å². The predicted octanol–water partition coefficient (Wildman–Crippen LogP) is 1.58. The molecule has 0 aromatic carbocycles. The van der Waals surface area contributed by atoms with Gasteiger partial charge in [-0.1, -0.05) is 5.21 Å². The van der Waals surface area contributed by atoms with Gasteiger partial charge in [0.05, 0.1) is 11.7 Å². The van der Waals surface area contributed by atoms with Crippen LogP contribution in [0, 0.1) is 6.92 Å². The summed E-state index contributed by atoms with van der Waals surface area (Å²) >= 11 is 0. The largest absolute Gasteiger partial charge is 0.433 e. The molecule has 160 valence electrons. The fraction of sp³-hybridized carbons (Fsp3) is 0.562. The molecule has 0 bridgehead atoms. The predicted molar refractivity (Wildman–Crippen MR) is 101 cm³/mol. The van der Waals surface area contributed by atoms with Gasteiger partial charge in [0.2, 0.25) is 5.95 Å². The maximum Gasteiger partial charge on any atom is 0.433 e. The summed E-state index contributed by atoms with van der Waals surface area (Å²) in [6.07, 6.45) is -1.66. The van der Waals surface area contributed by atoms with Crippen molar-refractivity contribution < 1.29 is 18.0 Å². The maximum atomic E-state index is 12.6. The second kappa shape index (κ2) is 9.83. The first-order valence-corrected chi connectivity index (χ1v) is 8.91. The van der Waals surface area contributed by atoms with Crippen molar-refractivity contribution in [2.45, 2.75) is 32.0 Å². The number of carbonyl (C=O) groups is 1. The number of aromatic nitrogens is 5. The summed E-state index contributed by atoms with van der Waals surface area (Å²) in [5, 5.41) is 16.7. The monoisotopic (exact) mass is 434 g/mol. The van der Waals surface area contributed by atoms with E-state index in [1.807, 2.05) is 0 Å². The van der Waals surface area contributed by atoms with Gasteiger partial charge in [0, 0.05) is 19.3 Å². The van der Waals surface area contributed by atoms with Crippen molar-refractivity contribution in [2.24, 2.45) is 0 Å². The standard InChI is InChI=1S/C16H21F3N8O.ClH/c1-10-13(25-26-27(10)11-2-5-20-6-3-11)14(28)21-8-9-23-15-22-7-4-12(24-15)16(17,18)19;/h4,7,11,20H,2-3,5-6,8-9H2,1H3,(H,21,28)(H,22,23,24);1H. The summed E-state index contributed by atoms with van der Waals surface area (Å²) < 4.78 is 39.7. The molecule has 0 atom stereocenters. The molecule has 29 heavy (non-hydrogen) atoms. The lowest BCUT2D eigenvalue weighted by Crippen LogP contribution is -2.31. The Balaban J connectivity index is 0.00000300. The average Bonchev–Trinajstić information content (AvgIpc) is 3.07. The second-order valence-corrected chi connectivity index (χ2v) is 6.40. The van der Waals surface area contributed by atoms with Crippen molar-refractivity contribution >= 4 is 24.3 Å². The second-order valence-electron chi connectivity index (χ2n) is 6.40. The molecular weight excluding hydrogens is 413 g/mol. The Morgan fingerprint density at radius 2 is 2.03 bits per heavy atom. The molecule has 1 aliphatic heterocycles. The van der Waals surface area contributed by atoms with Gasteiger partial charge in [-0.2, -0.15) is 13.2 Å². The quantitative estimate of drug-likeness (QED) is 0.592. The molecule has 0 spiro atoms. The number of amides is 1. The molecule has 3 N–H and O–H groups in total. The van der Waals surface area contributed by atoms with Crippen LogP contribution in [0.25, 0.3) is 0 Å². The van der Waals surface area contributed by atoms with Crippen LogP contribution in [0.5, 0.6) is 0 Å². The van der Waals surface area contributed by atoms with E-state index in [1.165, 1.54) is 0 Å². The molecule has 1 amide bonds. The number of alkyl halides is 3. The van der Waals surface area contributed by atoms with E-state index in [0.717, 1.165) is 38.2 Å². The highest BCUT2D eigenvalue weighted by atomic mass is 35.5. The lowest BCUT2D eigenvalue weighted by molar-refractivity contribution is -0.141. The van der Waals surface area contributed by atoms with Crippen LogP contribution in [0.1, 0.15) is 40.8 Å². The van der Waals surface area contributed by atoms with Gasteiger partial charge >= 0.3 is 6.18 Å². The Kier molecular flexibility index (Phi) is 7.73. The zero-order chi connectivity index (χ0) is 20.1. The summed E-state index contributed by atoms with van der Waals surface area (Å²) in [7, 11) is 0. The van der Waals surface area contributed by atoms with Gasteiger partial charge in [0.15, 0.2) is 5.69 Å². The summed E-state index contributed by atoms with van der Waals surface area (Å²) in [6.45, 7) is 3.92. The van der Waals surface area contributed by atoms with E-state index >= 15 is 0 Å². The molecule has 2 aromatic heterocycles. The van der Waals surface area contributed by atoms with Gasteiger partial charge in [-0.3, -0.25) is 4.79 Å². The minimum absolute atomic E-state index is 0. The van der Waals surface area contributed by atoms with Gasteiger partial charge < -0.3 is 16.0 Å². The van der Waals surface area contributed by atoms with Crippen molar-refractivity contribution in [3.8, 4) is 0 Å². The van der Waals surface area contributed by atoms with Crippen LogP contribution in [0.15, 0.2) is 12.3 Å². The van der Waals surface area contributed by atoms with Gasteiger partial charge in [-0.05, 0) is 38.9 Å². The number of nitrogens with zero attached hydrogens (tertiary/aromatic N) is 5. The first-order chi connectivity index (χ1) is 13.4. The van der Waals surface area contributed by atoms with Crippen LogP contribution in [-0.2, 0) is 6.18 Å². The van der Waals surface area contributed by atoms with Gasteiger partial charge in [-0.15, -0.1) is 17.5 Å². The number of halogens is 4. The van der Waals surface area contributed by atoms with Crippen LogP contribution in [0.2, 0.25) is 0 Å². The molecule has 3 rings (SSSR count). The van der Waals surface area contributed by atoms with Crippen molar-refractivity contribution in [3.63, 3.8) is 0 Å². The molecular formula is C16H22ClF3N8O. The Morgan fingerprint density at radius 3 is 2.72 bits per heavy atom. The Hall–Kier alpha value is -2.47. The molecule has 3 heterocycles. The first-order valence-electron chi connectivity index (χ1n) is 8.91. The number of hydrogen-bond acceptors (Lipinski definition) is 7. The highest BCUT2D eigenvalue weighted by molar-refractivity contribution is 5.93. The van der Waals surface area contributed by atoms with Crippen LogP contribution >= 0.6 is 12.4 Å². The summed E-state index contributed by atoms with van der Waals surface area (Å²) in [5.74, 6) is -0.540. The number of piperidine rings is 1. The number of nitrogens with one attached hydrogen (secondary N) is 3. The molecule has 13 heteroatoms. The zero-order valence-corrected chi connectivity index (χ0v) is 16.5. The molecule has 9 nitrogen and oxygen atoms in total. The van der Waals surface area contributed by atoms with Crippen LogP contribution < -0.4 is 16.0 Å². The fourth-order valence-corrected chi connectivity index (χ4v) is 2.98. The van der Waals surface area contributed by atoms with E-state index in [2.05, 4.69) is 36.2 Å². The molecule has 1 saturated heterocycles. The third kappa shape index (κ3) is 5.76. The maximum absolute atomic E-state index is 12.6. The smallest absolute Gasteiger partial charge is 0.352 e. The molecule has 1 aliphatic rings. The van der Waals surface area contributed by atoms with Crippen LogP contribution in [-0.4, -0.2) is 57.0 Å². The number of hydrogen-bond donors (Lipinski definition) is 3. The SMILES string of the molecule is Cc1c(C(=O)NCCNc2nccc(C(F)(F)F)n2)nnn1C1CCNCC1.Cl. The third-order valence-corrected chi connectivity index (χ3v) is 4.44. The lowest BCUT2D eigenvalue weighted by Gasteiger charge is -2.23. The van der Waals surface area contributed by atoms with E-state index in [0.29, 0.717) is 5.69 Å².